The molecule has 0 aliphatic heterocycles. The van der Waals surface area contributed by atoms with Crippen LogP contribution in [0.1, 0.15) is 13.8 Å². The number of carboxylic acid groups (broad SMARTS) is 1. The molecule has 0 heterocycles. The fourth-order valence-corrected chi connectivity index (χ4v) is 1.43. The number of nitrogens with two attached hydrogens (primary N) is 1. The fourth-order valence-electron chi connectivity index (χ4n) is 0.543. The Morgan fingerprint density at radius 2 is 2.20 bits per heavy atom. The standard InChI is InChI=1S/C6H13NO2S/c1-4(2)10-5(3-7)6(8)9/h4-5H,3,7H2,1-2H3,(H,8,9)/t5-/m0/s1. The first kappa shape index (κ1) is 9.78. The summed E-state index contributed by atoms with van der Waals surface area (Å²) < 4.78 is 0. The maximum Gasteiger partial charge on any atom is 0.317 e. The van der Waals surface area contributed by atoms with Crippen molar-refractivity contribution < 1.29 is 9.90 Å². The second-order valence-electron chi connectivity index (χ2n) is 2.25. The van der Waals surface area contributed by atoms with Crippen LogP contribution in [0, 0.1) is 0 Å². The first-order chi connectivity index (χ1) is 4.57. The normalized spacial score (nSPS) is 13.6. The molecule has 60 valence electrons. The smallest absolute Gasteiger partial charge is 0.317 e. The van der Waals surface area contributed by atoms with Gasteiger partial charge >= 0.3 is 5.97 Å². The molecule has 1 atom stereocenters. The molecular weight excluding hydrogens is 150 g/mol. The molecule has 0 aliphatic rings. The summed E-state index contributed by atoms with van der Waals surface area (Å²) in [5, 5.41) is 8.40. The second kappa shape index (κ2) is 4.57. The zero-order chi connectivity index (χ0) is 8.15. The van der Waals surface area contributed by atoms with E-state index in [1.165, 1.54) is 11.8 Å². The summed E-state index contributed by atoms with van der Waals surface area (Å²) in [6, 6.07) is 0. The third kappa shape index (κ3) is 3.74. The van der Waals surface area contributed by atoms with Crippen LogP contribution in [-0.4, -0.2) is 28.1 Å². The Morgan fingerprint density at radius 3 is 2.30 bits per heavy atom. The van der Waals surface area contributed by atoms with Gasteiger partial charge in [-0.15, -0.1) is 11.8 Å². The molecule has 0 saturated heterocycles. The number of thioether (sulfide) groups is 1. The van der Waals surface area contributed by atoms with Crippen LogP contribution in [0.4, 0.5) is 0 Å². The molecule has 0 aromatic rings. The average molecular weight is 163 g/mol. The lowest BCUT2D eigenvalue weighted by Crippen LogP contribution is -2.27. The molecule has 3 N–H and O–H groups in total. The lowest BCUT2D eigenvalue weighted by atomic mass is 10.4. The van der Waals surface area contributed by atoms with E-state index in [2.05, 4.69) is 0 Å². The van der Waals surface area contributed by atoms with E-state index in [1.807, 2.05) is 13.8 Å². The number of rotatable bonds is 4. The summed E-state index contributed by atoms with van der Waals surface area (Å²) in [6.07, 6.45) is 0. The van der Waals surface area contributed by atoms with Crippen LogP contribution in [0.5, 0.6) is 0 Å². The molecule has 0 spiro atoms. The Morgan fingerprint density at radius 1 is 1.70 bits per heavy atom. The first-order valence-corrected chi connectivity index (χ1v) is 4.10. The van der Waals surface area contributed by atoms with E-state index in [0.717, 1.165) is 0 Å². The van der Waals surface area contributed by atoms with E-state index < -0.39 is 11.2 Å². The number of carbonyl (C=O) groups is 1. The van der Waals surface area contributed by atoms with E-state index in [-0.39, 0.29) is 6.54 Å². The third-order valence-electron chi connectivity index (χ3n) is 0.926. The van der Waals surface area contributed by atoms with Gasteiger partial charge in [-0.25, -0.2) is 0 Å². The highest BCUT2D eigenvalue weighted by atomic mass is 32.2. The van der Waals surface area contributed by atoms with E-state index >= 15 is 0 Å². The fraction of sp³-hybridized carbons (Fsp3) is 0.833. The lowest BCUT2D eigenvalue weighted by molar-refractivity contribution is -0.136. The van der Waals surface area contributed by atoms with Crippen molar-refractivity contribution >= 4 is 17.7 Å². The topological polar surface area (TPSA) is 63.3 Å². The van der Waals surface area contributed by atoms with Gasteiger partial charge < -0.3 is 10.8 Å². The number of aliphatic carboxylic acids is 1. The minimum atomic E-state index is -0.818. The van der Waals surface area contributed by atoms with Crippen molar-refractivity contribution in [1.29, 1.82) is 0 Å². The van der Waals surface area contributed by atoms with Gasteiger partial charge in [0.1, 0.15) is 5.25 Å². The molecule has 0 unspecified atom stereocenters. The van der Waals surface area contributed by atoms with Crippen molar-refractivity contribution in [2.75, 3.05) is 6.54 Å². The largest absolute Gasteiger partial charge is 0.480 e. The summed E-state index contributed by atoms with van der Waals surface area (Å²) >= 11 is 1.38. The van der Waals surface area contributed by atoms with Crippen LogP contribution in [0.15, 0.2) is 0 Å². The second-order valence-corrected chi connectivity index (χ2v) is 4.03. The van der Waals surface area contributed by atoms with Gasteiger partial charge in [0.2, 0.25) is 0 Å². The predicted molar refractivity (Wildman–Crippen MR) is 43.2 cm³/mol. The number of hydrogen-bond acceptors (Lipinski definition) is 3. The van der Waals surface area contributed by atoms with E-state index in [0.29, 0.717) is 5.25 Å². The molecular formula is C6H13NO2S. The number of carboxylic acids is 1. The van der Waals surface area contributed by atoms with Crippen LogP contribution in [0.2, 0.25) is 0 Å². The molecule has 0 fully saturated rings. The maximum atomic E-state index is 10.4. The Balaban J connectivity index is 3.72. The zero-order valence-electron chi connectivity index (χ0n) is 6.20. The van der Waals surface area contributed by atoms with Crippen molar-refractivity contribution in [2.24, 2.45) is 5.73 Å². The van der Waals surface area contributed by atoms with Gasteiger partial charge in [-0.05, 0) is 5.25 Å². The predicted octanol–water partition coefficient (Wildman–Crippen LogP) is 0.540. The highest BCUT2D eigenvalue weighted by Gasteiger charge is 2.16. The van der Waals surface area contributed by atoms with Crippen LogP contribution in [0.25, 0.3) is 0 Å². The molecule has 0 rings (SSSR count). The van der Waals surface area contributed by atoms with Crippen molar-refractivity contribution in [3.8, 4) is 0 Å². The van der Waals surface area contributed by atoms with Gasteiger partial charge in [-0.3, -0.25) is 4.79 Å². The molecule has 0 aliphatic carbocycles. The molecule has 0 aromatic heterocycles. The van der Waals surface area contributed by atoms with E-state index in [4.69, 9.17) is 10.8 Å². The van der Waals surface area contributed by atoms with Crippen molar-refractivity contribution in [3.63, 3.8) is 0 Å². The summed E-state index contributed by atoms with van der Waals surface area (Å²) in [7, 11) is 0. The van der Waals surface area contributed by atoms with Gasteiger partial charge in [-0.2, -0.15) is 0 Å². The van der Waals surface area contributed by atoms with Gasteiger partial charge in [-0.1, -0.05) is 13.8 Å². The quantitative estimate of drug-likeness (QED) is 0.635. The minimum absolute atomic E-state index is 0.207. The summed E-state index contributed by atoms with van der Waals surface area (Å²) in [5.74, 6) is -0.818. The summed E-state index contributed by atoms with van der Waals surface area (Å²) in [4.78, 5) is 10.4. The van der Waals surface area contributed by atoms with Crippen molar-refractivity contribution in [2.45, 2.75) is 24.3 Å². The molecule has 10 heavy (non-hydrogen) atoms. The molecule has 0 radical (unpaired) electrons. The number of hydrogen-bond donors (Lipinski definition) is 2. The van der Waals surface area contributed by atoms with Crippen LogP contribution < -0.4 is 5.73 Å². The molecule has 0 bridgehead atoms. The highest BCUT2D eigenvalue weighted by molar-refractivity contribution is 8.01. The highest BCUT2D eigenvalue weighted by Crippen LogP contribution is 2.15. The lowest BCUT2D eigenvalue weighted by Gasteiger charge is -2.10. The summed E-state index contributed by atoms with van der Waals surface area (Å²) in [5.41, 5.74) is 5.22. The maximum absolute atomic E-state index is 10.4. The van der Waals surface area contributed by atoms with Gasteiger partial charge in [0.05, 0.1) is 0 Å². The van der Waals surface area contributed by atoms with Gasteiger partial charge in [0.25, 0.3) is 0 Å². The van der Waals surface area contributed by atoms with Gasteiger partial charge in [0, 0.05) is 6.54 Å². The van der Waals surface area contributed by atoms with Crippen LogP contribution in [0.3, 0.4) is 0 Å². The van der Waals surface area contributed by atoms with E-state index in [1.54, 1.807) is 0 Å². The van der Waals surface area contributed by atoms with Crippen LogP contribution >= 0.6 is 11.8 Å². The molecule has 0 aromatic carbocycles. The Kier molecular flexibility index (Phi) is 4.47. The minimum Gasteiger partial charge on any atom is -0.480 e. The molecule has 4 heteroatoms. The van der Waals surface area contributed by atoms with Gasteiger partial charge in [0.15, 0.2) is 0 Å². The summed E-state index contributed by atoms with van der Waals surface area (Å²) in [6.45, 7) is 4.12. The SMILES string of the molecule is CC(C)S[C@@H](CN)C(=O)O. The average Bonchev–Trinajstić information content (AvgIpc) is 1.81. The van der Waals surface area contributed by atoms with Crippen molar-refractivity contribution in [1.82, 2.24) is 0 Å². The first-order valence-electron chi connectivity index (χ1n) is 3.16. The van der Waals surface area contributed by atoms with Crippen molar-refractivity contribution in [3.05, 3.63) is 0 Å². The Hall–Kier alpha value is -0.220. The monoisotopic (exact) mass is 163 g/mol. The van der Waals surface area contributed by atoms with E-state index in [9.17, 15) is 4.79 Å². The molecule has 3 nitrogen and oxygen atoms in total. The Bertz CT molecular complexity index is 116. The Labute approximate surface area is 65.0 Å². The van der Waals surface area contributed by atoms with Crippen LogP contribution in [-0.2, 0) is 4.79 Å². The zero-order valence-corrected chi connectivity index (χ0v) is 7.02. The molecule has 0 saturated carbocycles. The molecule has 0 amide bonds. The third-order valence-corrected chi connectivity index (χ3v) is 2.19.